The number of non-ortho nitro benzene ring substituents is 1. The standard InChI is InChI=1S/C15H24N2O2/c1-4-6-8-13(7-5-2)16-15-11-14(17(18)19)10-9-12(15)3/h9-11,13,16H,4-8H2,1-3H3. The van der Waals surface area contributed by atoms with E-state index in [0.29, 0.717) is 6.04 Å². The summed E-state index contributed by atoms with van der Waals surface area (Å²) < 4.78 is 0. The number of nitrogens with one attached hydrogen (secondary N) is 1. The highest BCUT2D eigenvalue weighted by Gasteiger charge is 2.12. The van der Waals surface area contributed by atoms with Crippen LogP contribution in [0.25, 0.3) is 0 Å². The summed E-state index contributed by atoms with van der Waals surface area (Å²) in [6.45, 7) is 6.33. The van der Waals surface area contributed by atoms with Crippen LogP contribution < -0.4 is 5.32 Å². The number of anilines is 1. The van der Waals surface area contributed by atoms with E-state index in [9.17, 15) is 10.1 Å². The van der Waals surface area contributed by atoms with E-state index in [1.54, 1.807) is 12.1 Å². The molecule has 1 unspecified atom stereocenters. The van der Waals surface area contributed by atoms with Crippen LogP contribution in [0, 0.1) is 17.0 Å². The van der Waals surface area contributed by atoms with Gasteiger partial charge in [-0.1, -0.05) is 39.2 Å². The molecule has 0 radical (unpaired) electrons. The normalized spacial score (nSPS) is 12.2. The Morgan fingerprint density at radius 2 is 2.00 bits per heavy atom. The van der Waals surface area contributed by atoms with E-state index in [4.69, 9.17) is 0 Å². The molecule has 0 saturated heterocycles. The third kappa shape index (κ3) is 4.89. The number of benzene rings is 1. The molecule has 0 fully saturated rings. The fourth-order valence-electron chi connectivity index (χ4n) is 2.19. The maximum absolute atomic E-state index is 10.8. The van der Waals surface area contributed by atoms with Gasteiger partial charge in [-0.15, -0.1) is 0 Å². The average Bonchev–Trinajstić information content (AvgIpc) is 2.38. The third-order valence-corrected chi connectivity index (χ3v) is 3.33. The van der Waals surface area contributed by atoms with E-state index in [2.05, 4.69) is 19.2 Å². The Bertz CT molecular complexity index is 419. The molecule has 0 bridgehead atoms. The van der Waals surface area contributed by atoms with E-state index < -0.39 is 0 Å². The predicted octanol–water partition coefficient (Wildman–Crippen LogP) is 4.67. The Hall–Kier alpha value is -1.58. The molecule has 4 nitrogen and oxygen atoms in total. The lowest BCUT2D eigenvalue weighted by Gasteiger charge is -2.20. The highest BCUT2D eigenvalue weighted by molar-refractivity contribution is 5.57. The van der Waals surface area contributed by atoms with Crippen molar-refractivity contribution in [3.63, 3.8) is 0 Å². The van der Waals surface area contributed by atoms with Crippen molar-refractivity contribution in [2.75, 3.05) is 5.32 Å². The minimum atomic E-state index is -0.342. The molecule has 0 aliphatic heterocycles. The summed E-state index contributed by atoms with van der Waals surface area (Å²) in [5, 5.41) is 14.3. The van der Waals surface area contributed by atoms with Gasteiger partial charge in [0.2, 0.25) is 0 Å². The number of nitro groups is 1. The molecular formula is C15H24N2O2. The summed E-state index contributed by atoms with van der Waals surface area (Å²) in [7, 11) is 0. The lowest BCUT2D eigenvalue weighted by Crippen LogP contribution is -2.19. The van der Waals surface area contributed by atoms with Crippen LogP contribution in [-0.4, -0.2) is 11.0 Å². The number of aryl methyl sites for hydroxylation is 1. The Balaban J connectivity index is 2.81. The first-order chi connectivity index (χ1) is 9.08. The Kier molecular flexibility index (Phi) is 6.33. The van der Waals surface area contributed by atoms with E-state index in [0.717, 1.165) is 30.5 Å². The molecule has 0 amide bonds. The number of unbranched alkanes of at least 4 members (excludes halogenated alkanes) is 1. The maximum Gasteiger partial charge on any atom is 0.271 e. The van der Waals surface area contributed by atoms with Crippen LogP contribution in [0.4, 0.5) is 11.4 Å². The minimum absolute atomic E-state index is 0.152. The zero-order chi connectivity index (χ0) is 14.3. The van der Waals surface area contributed by atoms with Crippen molar-refractivity contribution < 1.29 is 4.92 Å². The Labute approximate surface area is 115 Å². The van der Waals surface area contributed by atoms with Gasteiger partial charge in [0, 0.05) is 23.9 Å². The molecule has 0 saturated carbocycles. The van der Waals surface area contributed by atoms with E-state index >= 15 is 0 Å². The molecule has 1 atom stereocenters. The first-order valence-electron chi connectivity index (χ1n) is 7.10. The summed E-state index contributed by atoms with van der Waals surface area (Å²) in [4.78, 5) is 10.5. The molecular weight excluding hydrogens is 240 g/mol. The highest BCUT2D eigenvalue weighted by atomic mass is 16.6. The van der Waals surface area contributed by atoms with Crippen LogP contribution in [0.2, 0.25) is 0 Å². The lowest BCUT2D eigenvalue weighted by molar-refractivity contribution is -0.384. The first kappa shape index (κ1) is 15.5. The van der Waals surface area contributed by atoms with Crippen LogP contribution >= 0.6 is 0 Å². The quantitative estimate of drug-likeness (QED) is 0.548. The molecule has 0 spiro atoms. The molecule has 1 aromatic carbocycles. The van der Waals surface area contributed by atoms with Crippen LogP contribution in [-0.2, 0) is 0 Å². The van der Waals surface area contributed by atoms with Gasteiger partial charge in [-0.2, -0.15) is 0 Å². The third-order valence-electron chi connectivity index (χ3n) is 3.33. The van der Waals surface area contributed by atoms with Crippen molar-refractivity contribution in [2.24, 2.45) is 0 Å². The van der Waals surface area contributed by atoms with Crippen molar-refractivity contribution in [3.05, 3.63) is 33.9 Å². The van der Waals surface area contributed by atoms with Crippen molar-refractivity contribution in [1.82, 2.24) is 0 Å². The molecule has 19 heavy (non-hydrogen) atoms. The number of nitrogens with zero attached hydrogens (tertiary/aromatic N) is 1. The topological polar surface area (TPSA) is 55.2 Å². The Morgan fingerprint density at radius 3 is 2.58 bits per heavy atom. The Morgan fingerprint density at radius 1 is 1.26 bits per heavy atom. The van der Waals surface area contributed by atoms with Gasteiger partial charge in [-0.25, -0.2) is 0 Å². The SMILES string of the molecule is CCCCC(CCC)Nc1cc([N+](=O)[O-])ccc1C. The van der Waals surface area contributed by atoms with Gasteiger partial charge in [0.05, 0.1) is 4.92 Å². The zero-order valence-corrected chi connectivity index (χ0v) is 12.1. The molecule has 4 heteroatoms. The summed E-state index contributed by atoms with van der Waals surface area (Å²) in [5.74, 6) is 0. The van der Waals surface area contributed by atoms with Crippen LogP contribution in [0.15, 0.2) is 18.2 Å². The molecule has 106 valence electrons. The second-order valence-corrected chi connectivity index (χ2v) is 5.03. The summed E-state index contributed by atoms with van der Waals surface area (Å²) >= 11 is 0. The molecule has 1 N–H and O–H groups in total. The maximum atomic E-state index is 10.8. The molecule has 1 aromatic rings. The molecule has 0 aliphatic carbocycles. The van der Waals surface area contributed by atoms with Crippen LogP contribution in [0.3, 0.4) is 0 Å². The molecule has 0 aromatic heterocycles. The van der Waals surface area contributed by atoms with Gasteiger partial charge >= 0.3 is 0 Å². The second-order valence-electron chi connectivity index (χ2n) is 5.03. The molecule has 1 rings (SSSR count). The van der Waals surface area contributed by atoms with Crippen molar-refractivity contribution in [2.45, 2.75) is 58.9 Å². The fourth-order valence-corrected chi connectivity index (χ4v) is 2.19. The molecule has 0 heterocycles. The van der Waals surface area contributed by atoms with E-state index in [-0.39, 0.29) is 10.6 Å². The summed E-state index contributed by atoms with van der Waals surface area (Å²) in [6.07, 6.45) is 5.70. The van der Waals surface area contributed by atoms with E-state index in [1.165, 1.54) is 12.8 Å². The van der Waals surface area contributed by atoms with Gasteiger partial charge in [0.1, 0.15) is 0 Å². The number of nitro benzene ring substituents is 1. The first-order valence-corrected chi connectivity index (χ1v) is 7.10. The van der Waals surface area contributed by atoms with Gasteiger partial charge in [-0.05, 0) is 25.3 Å². The van der Waals surface area contributed by atoms with Crippen molar-refractivity contribution in [3.8, 4) is 0 Å². The van der Waals surface area contributed by atoms with E-state index in [1.807, 2.05) is 13.0 Å². The van der Waals surface area contributed by atoms with Gasteiger partial charge in [-0.3, -0.25) is 10.1 Å². The number of rotatable bonds is 8. The zero-order valence-electron chi connectivity index (χ0n) is 12.1. The largest absolute Gasteiger partial charge is 0.382 e. The number of hydrogen-bond donors (Lipinski definition) is 1. The summed E-state index contributed by atoms with van der Waals surface area (Å²) in [5.41, 5.74) is 2.10. The van der Waals surface area contributed by atoms with Crippen molar-refractivity contribution in [1.29, 1.82) is 0 Å². The van der Waals surface area contributed by atoms with Crippen LogP contribution in [0.1, 0.15) is 51.5 Å². The second kappa shape index (κ2) is 7.77. The highest BCUT2D eigenvalue weighted by Crippen LogP contribution is 2.24. The van der Waals surface area contributed by atoms with Gasteiger partial charge < -0.3 is 5.32 Å². The van der Waals surface area contributed by atoms with Crippen molar-refractivity contribution >= 4 is 11.4 Å². The minimum Gasteiger partial charge on any atom is -0.382 e. The predicted molar refractivity (Wildman–Crippen MR) is 79.7 cm³/mol. The number of hydrogen-bond acceptors (Lipinski definition) is 3. The van der Waals surface area contributed by atoms with Gasteiger partial charge in [0.25, 0.3) is 5.69 Å². The fraction of sp³-hybridized carbons (Fsp3) is 0.600. The summed E-state index contributed by atoms with van der Waals surface area (Å²) in [6, 6.07) is 5.42. The smallest absolute Gasteiger partial charge is 0.271 e. The lowest BCUT2D eigenvalue weighted by atomic mass is 10.0. The average molecular weight is 264 g/mol. The van der Waals surface area contributed by atoms with Gasteiger partial charge in [0.15, 0.2) is 0 Å². The molecule has 0 aliphatic rings. The monoisotopic (exact) mass is 264 g/mol. The van der Waals surface area contributed by atoms with Crippen LogP contribution in [0.5, 0.6) is 0 Å².